The fraction of sp³-hybridized carbons (Fsp3) is 0.412. The number of benzene rings is 1. The summed E-state index contributed by atoms with van der Waals surface area (Å²) in [6.07, 6.45) is 2.51. The van der Waals surface area contributed by atoms with Gasteiger partial charge >= 0.3 is 11.6 Å². The van der Waals surface area contributed by atoms with E-state index in [1.807, 2.05) is 6.92 Å². The zero-order valence-electron chi connectivity index (χ0n) is 12.6. The van der Waals surface area contributed by atoms with Gasteiger partial charge in [-0.05, 0) is 62.8 Å². The second-order valence-corrected chi connectivity index (χ2v) is 5.79. The first-order chi connectivity index (χ1) is 10.5. The number of hydrogen-bond acceptors (Lipinski definition) is 4. The molecular weight excluding hydrogens is 284 g/mol. The Labute approximate surface area is 127 Å². The maximum atomic E-state index is 12.1. The number of carbonyl (C=O) groups is 1. The summed E-state index contributed by atoms with van der Waals surface area (Å²) in [5, 5.41) is 9.81. The quantitative estimate of drug-likeness (QED) is 0.882. The average Bonchev–Trinajstić information content (AvgIpc) is 2.46. The van der Waals surface area contributed by atoms with Gasteiger partial charge in [0.2, 0.25) is 0 Å². The largest absolute Gasteiger partial charge is 0.479 e. The number of hydrogen-bond donors (Lipinski definition) is 1. The summed E-state index contributed by atoms with van der Waals surface area (Å²) in [5.41, 5.74) is 2.70. The Morgan fingerprint density at radius 3 is 2.64 bits per heavy atom. The number of carboxylic acids is 1. The number of carboxylic acid groups (broad SMARTS) is 1. The van der Waals surface area contributed by atoms with Crippen LogP contribution in [0.2, 0.25) is 0 Å². The van der Waals surface area contributed by atoms with Crippen molar-refractivity contribution in [3.63, 3.8) is 0 Å². The minimum Gasteiger partial charge on any atom is -0.479 e. The molecule has 1 atom stereocenters. The highest BCUT2D eigenvalue weighted by atomic mass is 16.5. The van der Waals surface area contributed by atoms with Gasteiger partial charge in [0.15, 0.2) is 6.10 Å². The van der Waals surface area contributed by atoms with Crippen molar-refractivity contribution >= 4 is 16.9 Å². The lowest BCUT2D eigenvalue weighted by molar-refractivity contribution is -0.144. The van der Waals surface area contributed by atoms with E-state index in [-0.39, 0.29) is 5.63 Å². The van der Waals surface area contributed by atoms with Gasteiger partial charge in [0.05, 0.1) is 5.39 Å². The van der Waals surface area contributed by atoms with Gasteiger partial charge in [-0.15, -0.1) is 0 Å². The lowest BCUT2D eigenvalue weighted by Gasteiger charge is -2.20. The lowest BCUT2D eigenvalue weighted by Crippen LogP contribution is -2.23. The minimum absolute atomic E-state index is 0.287. The van der Waals surface area contributed by atoms with Crippen LogP contribution in [0.4, 0.5) is 0 Å². The van der Waals surface area contributed by atoms with E-state index in [0.29, 0.717) is 23.3 Å². The van der Waals surface area contributed by atoms with Crippen molar-refractivity contribution in [1.29, 1.82) is 0 Å². The Balaban J connectivity index is 2.26. The molecule has 5 heteroatoms. The third-order valence-electron chi connectivity index (χ3n) is 4.08. The zero-order valence-corrected chi connectivity index (χ0v) is 12.6. The van der Waals surface area contributed by atoms with Crippen molar-refractivity contribution in [2.45, 2.75) is 45.6 Å². The van der Waals surface area contributed by atoms with Crippen LogP contribution in [0, 0.1) is 6.92 Å². The van der Waals surface area contributed by atoms with E-state index in [1.165, 1.54) is 6.92 Å². The molecule has 0 unspecified atom stereocenters. The molecule has 1 N–H and O–H groups in total. The maximum Gasteiger partial charge on any atom is 0.344 e. The SMILES string of the molecule is Cc1cc(O[C@@H](C)C(=O)O)c2c3c(c(=O)oc2c1)CCCC3. The second kappa shape index (κ2) is 5.48. The van der Waals surface area contributed by atoms with Crippen LogP contribution in [-0.2, 0) is 17.6 Å². The van der Waals surface area contributed by atoms with E-state index in [2.05, 4.69) is 0 Å². The first kappa shape index (κ1) is 14.6. The summed E-state index contributed by atoms with van der Waals surface area (Å²) >= 11 is 0. The van der Waals surface area contributed by atoms with E-state index < -0.39 is 12.1 Å². The molecule has 1 aliphatic rings. The van der Waals surface area contributed by atoms with Crippen LogP contribution in [0.5, 0.6) is 5.75 Å². The predicted molar refractivity (Wildman–Crippen MR) is 81.6 cm³/mol. The van der Waals surface area contributed by atoms with Crippen molar-refractivity contribution < 1.29 is 19.1 Å². The molecule has 1 heterocycles. The predicted octanol–water partition coefficient (Wildman–Crippen LogP) is 2.83. The van der Waals surface area contributed by atoms with Crippen molar-refractivity contribution in [3.05, 3.63) is 39.2 Å². The first-order valence-electron chi connectivity index (χ1n) is 7.46. The van der Waals surface area contributed by atoms with Crippen molar-refractivity contribution in [1.82, 2.24) is 0 Å². The molecule has 5 nitrogen and oxygen atoms in total. The van der Waals surface area contributed by atoms with Crippen molar-refractivity contribution in [2.24, 2.45) is 0 Å². The molecule has 1 aromatic carbocycles. The zero-order chi connectivity index (χ0) is 15.9. The molecule has 0 fully saturated rings. The number of rotatable bonds is 3. The minimum atomic E-state index is -1.03. The Bertz CT molecular complexity index is 803. The summed E-state index contributed by atoms with van der Waals surface area (Å²) in [4.78, 5) is 23.2. The van der Waals surface area contributed by atoms with E-state index in [0.717, 1.165) is 35.8 Å². The molecular formula is C17H18O5. The van der Waals surface area contributed by atoms with Crippen LogP contribution in [0.3, 0.4) is 0 Å². The summed E-state index contributed by atoms with van der Waals surface area (Å²) in [6.45, 7) is 3.35. The van der Waals surface area contributed by atoms with Crippen LogP contribution in [0.25, 0.3) is 11.0 Å². The van der Waals surface area contributed by atoms with E-state index in [1.54, 1.807) is 12.1 Å². The second-order valence-electron chi connectivity index (χ2n) is 5.79. The van der Waals surface area contributed by atoms with Gasteiger partial charge in [-0.25, -0.2) is 9.59 Å². The highest BCUT2D eigenvalue weighted by Gasteiger charge is 2.23. The highest BCUT2D eigenvalue weighted by Crippen LogP contribution is 2.35. The summed E-state index contributed by atoms with van der Waals surface area (Å²) in [5.74, 6) is -0.548. The summed E-state index contributed by atoms with van der Waals surface area (Å²) in [6, 6.07) is 3.60. The van der Waals surface area contributed by atoms with E-state index in [4.69, 9.17) is 14.3 Å². The Kier molecular flexibility index (Phi) is 3.64. The third kappa shape index (κ3) is 2.47. The van der Waals surface area contributed by atoms with Gasteiger partial charge in [-0.3, -0.25) is 0 Å². The highest BCUT2D eigenvalue weighted by molar-refractivity contribution is 5.89. The molecule has 0 saturated heterocycles. The number of ether oxygens (including phenoxy) is 1. The standard InChI is InChI=1S/C17H18O5/c1-9-7-13(21-10(2)16(18)19)15-11-5-3-4-6-12(11)17(20)22-14(15)8-9/h7-8,10H,3-6H2,1-2H3,(H,18,19)/t10-/m0/s1. The molecule has 0 spiro atoms. The van der Waals surface area contributed by atoms with Crippen LogP contribution < -0.4 is 10.4 Å². The number of fused-ring (bicyclic) bond motifs is 3. The lowest BCUT2D eigenvalue weighted by atomic mass is 9.90. The van der Waals surface area contributed by atoms with Gasteiger partial charge in [0.25, 0.3) is 0 Å². The average molecular weight is 302 g/mol. The van der Waals surface area contributed by atoms with E-state index >= 15 is 0 Å². The monoisotopic (exact) mass is 302 g/mol. The fourth-order valence-corrected chi connectivity index (χ4v) is 3.00. The topological polar surface area (TPSA) is 76.7 Å². The Hall–Kier alpha value is -2.30. The third-order valence-corrected chi connectivity index (χ3v) is 4.08. The molecule has 0 aliphatic heterocycles. The van der Waals surface area contributed by atoms with Gasteiger partial charge in [0, 0.05) is 5.56 Å². The number of aliphatic carboxylic acids is 1. The Morgan fingerprint density at radius 1 is 1.27 bits per heavy atom. The molecule has 22 heavy (non-hydrogen) atoms. The molecule has 116 valence electrons. The molecule has 1 aliphatic carbocycles. The van der Waals surface area contributed by atoms with Gasteiger partial charge in [-0.2, -0.15) is 0 Å². The molecule has 3 rings (SSSR count). The molecule has 0 radical (unpaired) electrons. The molecule has 0 amide bonds. The Morgan fingerprint density at radius 2 is 1.95 bits per heavy atom. The normalized spacial score (nSPS) is 15.4. The molecule has 2 aromatic rings. The first-order valence-corrected chi connectivity index (χ1v) is 7.46. The van der Waals surface area contributed by atoms with Gasteiger partial charge in [-0.1, -0.05) is 0 Å². The molecule has 0 saturated carbocycles. The van der Waals surface area contributed by atoms with E-state index in [9.17, 15) is 9.59 Å². The molecule has 1 aromatic heterocycles. The molecule has 0 bridgehead atoms. The smallest absolute Gasteiger partial charge is 0.344 e. The van der Waals surface area contributed by atoms with Crippen molar-refractivity contribution in [3.8, 4) is 5.75 Å². The van der Waals surface area contributed by atoms with Crippen LogP contribution >= 0.6 is 0 Å². The van der Waals surface area contributed by atoms with Crippen LogP contribution in [0.15, 0.2) is 21.3 Å². The fourth-order valence-electron chi connectivity index (χ4n) is 3.00. The summed E-state index contributed by atoms with van der Waals surface area (Å²) < 4.78 is 11.1. The maximum absolute atomic E-state index is 12.1. The van der Waals surface area contributed by atoms with Gasteiger partial charge in [0.1, 0.15) is 11.3 Å². The van der Waals surface area contributed by atoms with Crippen molar-refractivity contribution in [2.75, 3.05) is 0 Å². The summed E-state index contributed by atoms with van der Waals surface area (Å²) in [7, 11) is 0. The van der Waals surface area contributed by atoms with Crippen LogP contribution in [0.1, 0.15) is 36.5 Å². The van der Waals surface area contributed by atoms with Crippen LogP contribution in [-0.4, -0.2) is 17.2 Å². The number of aryl methyl sites for hydroxylation is 2. The van der Waals surface area contributed by atoms with Gasteiger partial charge < -0.3 is 14.3 Å².